The molecule has 9 nitrogen and oxygen atoms in total. The van der Waals surface area contributed by atoms with Crippen LogP contribution in [0, 0.1) is 12.3 Å². The molecular formula is C29H37N5O4. The van der Waals surface area contributed by atoms with Gasteiger partial charge in [-0.2, -0.15) is 0 Å². The molecule has 38 heavy (non-hydrogen) atoms. The smallest absolute Gasteiger partial charge is 0.412 e. The third-order valence-electron chi connectivity index (χ3n) is 5.82. The lowest BCUT2D eigenvalue weighted by atomic mass is 10.2. The molecule has 0 atom stereocenters. The van der Waals surface area contributed by atoms with E-state index in [2.05, 4.69) is 10.6 Å². The summed E-state index contributed by atoms with van der Waals surface area (Å²) in [5, 5.41) is 14.6. The Balaban J connectivity index is 2.26. The van der Waals surface area contributed by atoms with Crippen LogP contribution in [-0.4, -0.2) is 33.6 Å². The molecular weight excluding hydrogens is 482 g/mol. The number of hydrogen-bond acceptors (Lipinski definition) is 6. The molecule has 3 rings (SSSR count). The summed E-state index contributed by atoms with van der Waals surface area (Å²) in [6, 6.07) is 12.4. The predicted molar refractivity (Wildman–Crippen MR) is 153 cm³/mol. The number of nitrogens with one attached hydrogen (secondary N) is 3. The van der Waals surface area contributed by atoms with Gasteiger partial charge in [0.15, 0.2) is 0 Å². The molecule has 0 aliphatic heterocycles. The molecule has 1 aromatic heterocycles. The number of aryl methyl sites for hydroxylation is 1. The minimum atomic E-state index is -0.651. The van der Waals surface area contributed by atoms with Crippen molar-refractivity contribution in [2.75, 3.05) is 17.7 Å². The fourth-order valence-electron chi connectivity index (χ4n) is 3.85. The van der Waals surface area contributed by atoms with Crippen LogP contribution in [0.1, 0.15) is 59.2 Å². The van der Waals surface area contributed by atoms with E-state index in [0.717, 1.165) is 17.6 Å². The van der Waals surface area contributed by atoms with E-state index in [1.807, 2.05) is 39.1 Å². The fourth-order valence-corrected chi connectivity index (χ4v) is 3.85. The molecule has 202 valence electrons. The van der Waals surface area contributed by atoms with Crippen LogP contribution in [0.5, 0.6) is 5.75 Å². The maximum atomic E-state index is 14.1. The monoisotopic (exact) mass is 519 g/mol. The van der Waals surface area contributed by atoms with E-state index >= 15 is 0 Å². The van der Waals surface area contributed by atoms with Crippen molar-refractivity contribution in [3.63, 3.8) is 0 Å². The van der Waals surface area contributed by atoms with Crippen molar-refractivity contribution in [3.05, 3.63) is 76.0 Å². The molecule has 1 amide bonds. The zero-order chi connectivity index (χ0) is 28.2. The molecule has 0 fully saturated rings. The van der Waals surface area contributed by atoms with Crippen molar-refractivity contribution in [1.29, 1.82) is 5.41 Å². The summed E-state index contributed by atoms with van der Waals surface area (Å²) in [5.41, 5.74) is 3.13. The average Bonchev–Trinajstić information content (AvgIpc) is 3.13. The second-order valence-corrected chi connectivity index (χ2v) is 10.1. The lowest BCUT2D eigenvalue weighted by Crippen LogP contribution is -2.27. The molecule has 0 unspecified atom stereocenters. The van der Waals surface area contributed by atoms with Crippen LogP contribution in [0.25, 0.3) is 11.4 Å². The number of ether oxygens (including phenoxy) is 2. The minimum absolute atomic E-state index is 0.202. The molecule has 3 aromatic rings. The van der Waals surface area contributed by atoms with Crippen molar-refractivity contribution in [1.82, 2.24) is 9.13 Å². The standard InChI is InChI=1S/C29H37N5O4/c1-9-18(2)17-31-26-25(20(4)30)33(23-14-13-19(3)24(16-23)37-8)28(36)34(26)22-12-10-11-21(15-22)32-27(35)38-29(5,6)7/h10-17,30-31H,9H2,1-8H3,(H,32,35). The quantitative estimate of drug-likeness (QED) is 0.298. The van der Waals surface area contributed by atoms with Crippen LogP contribution in [-0.2, 0) is 4.74 Å². The lowest BCUT2D eigenvalue weighted by Gasteiger charge is -2.19. The number of amides is 1. The number of anilines is 2. The van der Waals surface area contributed by atoms with Gasteiger partial charge < -0.3 is 20.2 Å². The van der Waals surface area contributed by atoms with Crippen molar-refractivity contribution in [2.24, 2.45) is 0 Å². The van der Waals surface area contributed by atoms with Crippen LogP contribution in [0.3, 0.4) is 0 Å². The number of carbonyl (C=O) groups is 1. The first-order valence-electron chi connectivity index (χ1n) is 12.5. The maximum absolute atomic E-state index is 14.1. The number of benzene rings is 2. The minimum Gasteiger partial charge on any atom is -0.496 e. The summed E-state index contributed by atoms with van der Waals surface area (Å²) >= 11 is 0. The first kappa shape index (κ1) is 28.3. The van der Waals surface area contributed by atoms with Gasteiger partial charge in [-0.1, -0.05) is 24.6 Å². The van der Waals surface area contributed by atoms with E-state index < -0.39 is 11.7 Å². The Labute approximate surface area is 223 Å². The maximum Gasteiger partial charge on any atom is 0.412 e. The van der Waals surface area contributed by atoms with Crippen LogP contribution in [0.2, 0.25) is 0 Å². The number of nitrogens with zero attached hydrogens (tertiary/aromatic N) is 2. The zero-order valence-corrected chi connectivity index (χ0v) is 23.4. The second kappa shape index (κ2) is 11.4. The Morgan fingerprint density at radius 1 is 1.08 bits per heavy atom. The summed E-state index contributed by atoms with van der Waals surface area (Å²) < 4.78 is 13.9. The van der Waals surface area contributed by atoms with Gasteiger partial charge in [-0.05, 0) is 77.8 Å². The van der Waals surface area contributed by atoms with Gasteiger partial charge in [-0.25, -0.2) is 14.2 Å². The molecule has 9 heteroatoms. The summed E-state index contributed by atoms with van der Waals surface area (Å²) in [4.78, 5) is 26.4. The van der Waals surface area contributed by atoms with E-state index in [-0.39, 0.29) is 11.4 Å². The van der Waals surface area contributed by atoms with Crippen LogP contribution in [0.4, 0.5) is 16.3 Å². The number of aromatic nitrogens is 2. The van der Waals surface area contributed by atoms with Gasteiger partial charge in [0.1, 0.15) is 22.9 Å². The Morgan fingerprint density at radius 3 is 2.37 bits per heavy atom. The molecule has 3 N–H and O–H groups in total. The molecule has 0 bridgehead atoms. The van der Waals surface area contributed by atoms with E-state index in [9.17, 15) is 9.59 Å². The first-order valence-corrected chi connectivity index (χ1v) is 12.5. The molecule has 0 aliphatic carbocycles. The molecule has 0 spiro atoms. The van der Waals surface area contributed by atoms with Crippen molar-refractivity contribution < 1.29 is 14.3 Å². The highest BCUT2D eigenvalue weighted by Crippen LogP contribution is 2.28. The molecule has 0 aliphatic rings. The Kier molecular flexibility index (Phi) is 8.50. The second-order valence-electron chi connectivity index (χ2n) is 10.1. The highest BCUT2D eigenvalue weighted by molar-refractivity contribution is 6.00. The third kappa shape index (κ3) is 6.34. The third-order valence-corrected chi connectivity index (χ3v) is 5.82. The predicted octanol–water partition coefficient (Wildman–Crippen LogP) is 6.41. The molecule has 1 heterocycles. The number of carbonyl (C=O) groups excluding carboxylic acids is 1. The summed E-state index contributed by atoms with van der Waals surface area (Å²) in [6.45, 7) is 13.0. The van der Waals surface area contributed by atoms with Gasteiger partial charge >= 0.3 is 11.8 Å². The van der Waals surface area contributed by atoms with Crippen LogP contribution >= 0.6 is 0 Å². The van der Waals surface area contributed by atoms with E-state index in [0.29, 0.717) is 34.3 Å². The van der Waals surface area contributed by atoms with Gasteiger partial charge in [0, 0.05) is 18.0 Å². The lowest BCUT2D eigenvalue weighted by molar-refractivity contribution is 0.0636. The topological polar surface area (TPSA) is 110 Å². The number of imidazole rings is 1. The fraction of sp³-hybridized carbons (Fsp3) is 0.345. The molecule has 0 saturated carbocycles. The van der Waals surface area contributed by atoms with Crippen LogP contribution in [0.15, 0.2) is 59.0 Å². The highest BCUT2D eigenvalue weighted by atomic mass is 16.6. The SMILES string of the molecule is CCC(C)=CNc1c(C(C)=N)n(-c2ccc(C)c(OC)c2)c(=O)n1-c1cccc(NC(=O)OC(C)(C)C)c1. The van der Waals surface area contributed by atoms with Gasteiger partial charge in [-0.3, -0.25) is 9.88 Å². The number of hydrogen-bond donors (Lipinski definition) is 3. The molecule has 0 saturated heterocycles. The summed E-state index contributed by atoms with van der Waals surface area (Å²) in [7, 11) is 1.58. The Bertz CT molecular complexity index is 1440. The van der Waals surface area contributed by atoms with Gasteiger partial charge in [-0.15, -0.1) is 0 Å². The highest BCUT2D eigenvalue weighted by Gasteiger charge is 2.24. The number of rotatable bonds is 8. The zero-order valence-electron chi connectivity index (χ0n) is 23.4. The first-order chi connectivity index (χ1) is 17.9. The summed E-state index contributed by atoms with van der Waals surface area (Å²) in [5.74, 6) is 1.07. The molecule has 0 radical (unpaired) electrons. The normalized spacial score (nSPS) is 11.7. The van der Waals surface area contributed by atoms with E-state index in [1.54, 1.807) is 65.1 Å². The average molecular weight is 520 g/mol. The van der Waals surface area contributed by atoms with Crippen LogP contribution < -0.4 is 21.1 Å². The molecule has 2 aromatic carbocycles. The Hall–Kier alpha value is -4.27. The van der Waals surface area contributed by atoms with E-state index in [4.69, 9.17) is 14.9 Å². The number of allylic oxidation sites excluding steroid dienone is 1. The summed E-state index contributed by atoms with van der Waals surface area (Å²) in [6.07, 6.45) is 2.06. The largest absolute Gasteiger partial charge is 0.496 e. The van der Waals surface area contributed by atoms with Crippen molar-refractivity contribution in [3.8, 4) is 17.1 Å². The van der Waals surface area contributed by atoms with Crippen molar-refractivity contribution >= 4 is 23.3 Å². The van der Waals surface area contributed by atoms with Gasteiger partial charge in [0.25, 0.3) is 0 Å². The van der Waals surface area contributed by atoms with E-state index in [1.165, 1.54) is 9.13 Å². The van der Waals surface area contributed by atoms with Gasteiger partial charge in [0.2, 0.25) is 0 Å². The number of methoxy groups -OCH3 is 1. The van der Waals surface area contributed by atoms with Gasteiger partial charge in [0.05, 0.1) is 24.2 Å². The van der Waals surface area contributed by atoms with Crippen molar-refractivity contribution in [2.45, 2.75) is 60.5 Å². The Morgan fingerprint density at radius 2 is 1.76 bits per heavy atom.